The summed E-state index contributed by atoms with van der Waals surface area (Å²) in [5, 5.41) is 18.2. The maximum atomic E-state index is 14.1. The van der Waals surface area contributed by atoms with Crippen LogP contribution in [0.4, 0.5) is 4.39 Å². The number of rotatable bonds is 5. The third-order valence-corrected chi connectivity index (χ3v) is 2.81. The lowest BCUT2D eigenvalue weighted by Crippen LogP contribution is -2.33. The van der Waals surface area contributed by atoms with Crippen LogP contribution in [0.3, 0.4) is 0 Å². The van der Waals surface area contributed by atoms with Crippen molar-refractivity contribution in [2.45, 2.75) is 6.61 Å². The van der Waals surface area contributed by atoms with Gasteiger partial charge in [0, 0.05) is 5.46 Å². The van der Waals surface area contributed by atoms with E-state index in [1.165, 1.54) is 19.2 Å². The molecule has 0 atom stereocenters. The van der Waals surface area contributed by atoms with Gasteiger partial charge in [-0.3, -0.25) is 0 Å². The Labute approximate surface area is 116 Å². The maximum absolute atomic E-state index is 14.1. The Kier molecular flexibility index (Phi) is 4.60. The fourth-order valence-electron chi connectivity index (χ4n) is 1.78. The predicted molar refractivity (Wildman–Crippen MR) is 73.6 cm³/mol. The Bertz CT molecular complexity index is 575. The molecule has 20 heavy (non-hydrogen) atoms. The highest BCUT2D eigenvalue weighted by Crippen LogP contribution is 2.29. The molecule has 0 saturated carbocycles. The van der Waals surface area contributed by atoms with Crippen LogP contribution in [0.15, 0.2) is 42.5 Å². The van der Waals surface area contributed by atoms with Gasteiger partial charge in [-0.2, -0.15) is 0 Å². The van der Waals surface area contributed by atoms with Crippen LogP contribution in [0, 0.1) is 5.82 Å². The van der Waals surface area contributed by atoms with Gasteiger partial charge in [0.15, 0.2) is 17.3 Å². The molecule has 0 heterocycles. The summed E-state index contributed by atoms with van der Waals surface area (Å²) in [6.07, 6.45) is 0. The molecular formula is C14H14BFO4. The molecule has 0 aliphatic heterocycles. The standard InChI is InChI=1S/C14H14BFO4/c1-19-12-8-7-11(15(17)18)13(16)14(12)20-9-10-5-3-2-4-6-10/h2-8,17-18H,9H2,1H3. The fraction of sp³-hybridized carbons (Fsp3) is 0.143. The Morgan fingerprint density at radius 2 is 1.80 bits per heavy atom. The van der Waals surface area contributed by atoms with Crippen molar-refractivity contribution in [2.75, 3.05) is 7.11 Å². The first kappa shape index (κ1) is 14.4. The molecule has 0 amide bonds. The van der Waals surface area contributed by atoms with Crippen LogP contribution in [-0.2, 0) is 6.61 Å². The van der Waals surface area contributed by atoms with Gasteiger partial charge in [-0.1, -0.05) is 36.4 Å². The molecule has 0 radical (unpaired) electrons. The second-order valence-corrected chi connectivity index (χ2v) is 4.15. The van der Waals surface area contributed by atoms with Crippen molar-refractivity contribution in [1.82, 2.24) is 0 Å². The molecule has 2 rings (SSSR count). The third kappa shape index (κ3) is 3.09. The zero-order valence-corrected chi connectivity index (χ0v) is 10.9. The van der Waals surface area contributed by atoms with Gasteiger partial charge >= 0.3 is 7.12 Å². The molecular weight excluding hydrogens is 262 g/mol. The predicted octanol–water partition coefficient (Wildman–Crippen LogP) is 1.09. The lowest BCUT2D eigenvalue weighted by molar-refractivity contribution is 0.270. The minimum Gasteiger partial charge on any atom is -0.493 e. The number of halogens is 1. The van der Waals surface area contributed by atoms with Crippen LogP contribution in [0.2, 0.25) is 0 Å². The highest BCUT2D eigenvalue weighted by atomic mass is 19.1. The molecule has 104 valence electrons. The third-order valence-electron chi connectivity index (χ3n) is 2.81. The lowest BCUT2D eigenvalue weighted by atomic mass is 9.79. The van der Waals surface area contributed by atoms with Crippen LogP contribution >= 0.6 is 0 Å². The second-order valence-electron chi connectivity index (χ2n) is 4.15. The molecule has 0 bridgehead atoms. The van der Waals surface area contributed by atoms with Gasteiger partial charge in [-0.15, -0.1) is 0 Å². The number of hydrogen-bond acceptors (Lipinski definition) is 4. The van der Waals surface area contributed by atoms with E-state index in [0.717, 1.165) is 5.56 Å². The molecule has 0 saturated heterocycles. The van der Waals surface area contributed by atoms with E-state index in [-0.39, 0.29) is 23.6 Å². The summed E-state index contributed by atoms with van der Waals surface area (Å²) < 4.78 is 24.6. The van der Waals surface area contributed by atoms with Gasteiger partial charge in [-0.05, 0) is 11.6 Å². The molecule has 2 N–H and O–H groups in total. The zero-order chi connectivity index (χ0) is 14.5. The Balaban J connectivity index is 2.27. The zero-order valence-electron chi connectivity index (χ0n) is 10.9. The first-order valence-corrected chi connectivity index (χ1v) is 6.02. The smallest absolute Gasteiger partial charge is 0.491 e. The van der Waals surface area contributed by atoms with Crippen molar-refractivity contribution in [3.8, 4) is 11.5 Å². The molecule has 0 spiro atoms. The van der Waals surface area contributed by atoms with Crippen molar-refractivity contribution in [3.63, 3.8) is 0 Å². The van der Waals surface area contributed by atoms with Crippen LogP contribution in [-0.4, -0.2) is 24.3 Å². The van der Waals surface area contributed by atoms with Crippen LogP contribution < -0.4 is 14.9 Å². The second kappa shape index (κ2) is 6.41. The Hall–Kier alpha value is -2.05. The summed E-state index contributed by atoms with van der Waals surface area (Å²) in [4.78, 5) is 0. The van der Waals surface area contributed by atoms with E-state index in [2.05, 4.69) is 0 Å². The van der Waals surface area contributed by atoms with Gasteiger partial charge < -0.3 is 19.5 Å². The van der Waals surface area contributed by atoms with E-state index in [9.17, 15) is 4.39 Å². The lowest BCUT2D eigenvalue weighted by Gasteiger charge is -2.14. The molecule has 0 aliphatic rings. The monoisotopic (exact) mass is 276 g/mol. The minimum atomic E-state index is -1.90. The van der Waals surface area contributed by atoms with Crippen molar-refractivity contribution < 1.29 is 23.9 Å². The average Bonchev–Trinajstić information content (AvgIpc) is 2.46. The number of hydrogen-bond donors (Lipinski definition) is 2. The van der Waals surface area contributed by atoms with Crippen molar-refractivity contribution in [1.29, 1.82) is 0 Å². The highest BCUT2D eigenvalue weighted by Gasteiger charge is 2.23. The van der Waals surface area contributed by atoms with Crippen LogP contribution in [0.25, 0.3) is 0 Å². The average molecular weight is 276 g/mol. The summed E-state index contributed by atoms with van der Waals surface area (Å²) in [6, 6.07) is 11.9. The summed E-state index contributed by atoms with van der Waals surface area (Å²) in [5.74, 6) is -0.778. The van der Waals surface area contributed by atoms with Crippen molar-refractivity contribution in [2.24, 2.45) is 0 Å². The molecule has 0 aromatic heterocycles. The minimum absolute atomic E-state index is 0.137. The molecule has 2 aromatic rings. The summed E-state index contributed by atoms with van der Waals surface area (Å²) in [7, 11) is -0.515. The van der Waals surface area contributed by atoms with Gasteiger partial charge in [-0.25, -0.2) is 4.39 Å². The van der Waals surface area contributed by atoms with E-state index in [1.807, 2.05) is 30.3 Å². The summed E-state index contributed by atoms with van der Waals surface area (Å²) in [6.45, 7) is 0.152. The van der Waals surface area contributed by atoms with E-state index >= 15 is 0 Å². The SMILES string of the molecule is COc1ccc(B(O)O)c(F)c1OCc1ccccc1. The van der Waals surface area contributed by atoms with Gasteiger partial charge in [0.05, 0.1) is 7.11 Å². The van der Waals surface area contributed by atoms with Crippen LogP contribution in [0.1, 0.15) is 5.56 Å². The maximum Gasteiger partial charge on any atom is 0.491 e. The molecule has 4 nitrogen and oxygen atoms in total. The summed E-state index contributed by atoms with van der Waals surface area (Å²) >= 11 is 0. The quantitative estimate of drug-likeness (QED) is 0.803. The molecule has 0 fully saturated rings. The van der Waals surface area contributed by atoms with E-state index < -0.39 is 12.9 Å². The number of benzene rings is 2. The van der Waals surface area contributed by atoms with Gasteiger partial charge in [0.2, 0.25) is 0 Å². The van der Waals surface area contributed by atoms with Gasteiger partial charge in [0.25, 0.3) is 0 Å². The summed E-state index contributed by atoms with van der Waals surface area (Å²) in [5.41, 5.74) is 0.609. The van der Waals surface area contributed by atoms with Gasteiger partial charge in [0.1, 0.15) is 6.61 Å². The molecule has 2 aromatic carbocycles. The Morgan fingerprint density at radius 1 is 1.10 bits per heavy atom. The van der Waals surface area contributed by atoms with E-state index in [1.54, 1.807) is 0 Å². The first-order chi connectivity index (χ1) is 9.63. The number of methoxy groups -OCH3 is 1. The molecule has 0 aliphatic carbocycles. The van der Waals surface area contributed by atoms with Crippen LogP contribution in [0.5, 0.6) is 11.5 Å². The number of ether oxygens (including phenoxy) is 2. The Morgan fingerprint density at radius 3 is 2.40 bits per heavy atom. The van der Waals surface area contributed by atoms with Crippen molar-refractivity contribution in [3.05, 3.63) is 53.8 Å². The topological polar surface area (TPSA) is 58.9 Å². The van der Waals surface area contributed by atoms with E-state index in [4.69, 9.17) is 19.5 Å². The first-order valence-electron chi connectivity index (χ1n) is 6.02. The fourth-order valence-corrected chi connectivity index (χ4v) is 1.78. The largest absolute Gasteiger partial charge is 0.493 e. The van der Waals surface area contributed by atoms with Crippen molar-refractivity contribution >= 4 is 12.6 Å². The normalized spacial score (nSPS) is 10.2. The van der Waals surface area contributed by atoms with E-state index in [0.29, 0.717) is 0 Å². The molecule has 0 unspecified atom stereocenters. The molecule has 6 heteroatoms. The highest BCUT2D eigenvalue weighted by molar-refractivity contribution is 6.58.